The van der Waals surface area contributed by atoms with Gasteiger partial charge < -0.3 is 21.3 Å². The molecule has 0 saturated carbocycles. The molecule has 0 spiro atoms. The molecule has 0 bridgehead atoms. The van der Waals surface area contributed by atoms with Crippen LogP contribution in [-0.4, -0.2) is 61.7 Å². The number of likely N-dealkylation sites (tertiary alicyclic amines) is 1. The summed E-state index contributed by atoms with van der Waals surface area (Å²) < 4.78 is 13.0. The second-order valence-corrected chi connectivity index (χ2v) is 9.81. The Kier molecular flexibility index (Phi) is 8.19. The third kappa shape index (κ3) is 5.26. The van der Waals surface area contributed by atoms with Crippen molar-refractivity contribution < 1.29 is 14.0 Å². The van der Waals surface area contributed by atoms with Crippen LogP contribution in [0.25, 0.3) is 11.1 Å². The Morgan fingerprint density at radius 3 is 2.23 bits per heavy atom. The van der Waals surface area contributed by atoms with Crippen molar-refractivity contribution in [2.45, 2.75) is 56.5 Å². The van der Waals surface area contributed by atoms with E-state index in [0.29, 0.717) is 6.42 Å². The van der Waals surface area contributed by atoms with Crippen LogP contribution < -0.4 is 16.4 Å². The molecule has 188 valence electrons. The molecule has 1 fully saturated rings. The van der Waals surface area contributed by atoms with Crippen LogP contribution in [0, 0.1) is 0 Å². The zero-order chi connectivity index (χ0) is 24.8. The number of hydrogen-bond donors (Lipinski definition) is 3. The molecule has 0 radical (unpaired) electrons. The minimum absolute atomic E-state index is 0.0271. The van der Waals surface area contributed by atoms with Gasteiger partial charge >= 0.3 is 0 Å². The summed E-state index contributed by atoms with van der Waals surface area (Å²) >= 11 is 0. The molecular weight excluding hydrogens is 443 g/mol. The fourth-order valence-electron chi connectivity index (χ4n) is 5.62. The van der Waals surface area contributed by atoms with Crippen LogP contribution in [0.1, 0.15) is 50.2 Å². The summed E-state index contributed by atoms with van der Waals surface area (Å²) in [4.78, 5) is 27.9. The number of hydrogen-bond acceptors (Lipinski definition) is 4. The lowest BCUT2D eigenvalue weighted by Crippen LogP contribution is -2.49. The molecule has 35 heavy (non-hydrogen) atoms. The molecule has 1 aliphatic heterocycles. The SMILES string of the molecule is CC(N)C(=O)NC1CCN(CCCCC2(C(=O)NCCF)c3ccccc3-c3ccccc32)CC1. The van der Waals surface area contributed by atoms with E-state index in [1.54, 1.807) is 6.92 Å². The van der Waals surface area contributed by atoms with Gasteiger partial charge in [0.05, 0.1) is 6.04 Å². The van der Waals surface area contributed by atoms with Crippen molar-refractivity contribution in [2.24, 2.45) is 5.73 Å². The highest BCUT2D eigenvalue weighted by Crippen LogP contribution is 2.51. The van der Waals surface area contributed by atoms with Crippen LogP contribution >= 0.6 is 0 Å². The normalized spacial score (nSPS) is 17.9. The Morgan fingerprint density at radius 2 is 1.66 bits per heavy atom. The molecule has 1 atom stereocenters. The topological polar surface area (TPSA) is 87.5 Å². The maximum Gasteiger partial charge on any atom is 0.236 e. The molecule has 7 heteroatoms. The number of nitrogens with one attached hydrogen (secondary N) is 2. The molecule has 1 unspecified atom stereocenters. The maximum atomic E-state index is 13.6. The van der Waals surface area contributed by atoms with Crippen LogP contribution in [0.2, 0.25) is 0 Å². The number of rotatable bonds is 10. The Labute approximate surface area is 207 Å². The highest BCUT2D eigenvalue weighted by molar-refractivity contribution is 6.00. The highest BCUT2D eigenvalue weighted by atomic mass is 19.1. The first kappa shape index (κ1) is 25.3. The van der Waals surface area contributed by atoms with Gasteiger partial charge in [-0.3, -0.25) is 9.59 Å². The summed E-state index contributed by atoms with van der Waals surface area (Å²) in [7, 11) is 0. The maximum absolute atomic E-state index is 13.6. The van der Waals surface area contributed by atoms with E-state index in [0.717, 1.165) is 67.6 Å². The number of nitrogens with zero attached hydrogens (tertiary/aromatic N) is 1. The van der Waals surface area contributed by atoms with Crippen molar-refractivity contribution in [2.75, 3.05) is 32.9 Å². The van der Waals surface area contributed by atoms with Crippen molar-refractivity contribution in [3.8, 4) is 11.1 Å². The van der Waals surface area contributed by atoms with Crippen molar-refractivity contribution >= 4 is 11.8 Å². The lowest BCUT2D eigenvalue weighted by Gasteiger charge is -2.33. The molecule has 2 aromatic rings. The van der Waals surface area contributed by atoms with Crippen molar-refractivity contribution in [1.29, 1.82) is 0 Å². The largest absolute Gasteiger partial charge is 0.352 e. The molecule has 1 aliphatic carbocycles. The monoisotopic (exact) mass is 480 g/mol. The number of halogens is 1. The van der Waals surface area contributed by atoms with E-state index < -0.39 is 18.1 Å². The average molecular weight is 481 g/mol. The smallest absolute Gasteiger partial charge is 0.236 e. The highest BCUT2D eigenvalue weighted by Gasteiger charge is 2.48. The van der Waals surface area contributed by atoms with Crippen LogP contribution in [-0.2, 0) is 15.0 Å². The lowest BCUT2D eigenvalue weighted by atomic mass is 9.73. The molecule has 1 saturated heterocycles. The molecule has 1 heterocycles. The van der Waals surface area contributed by atoms with E-state index in [2.05, 4.69) is 27.7 Å². The number of unbranched alkanes of at least 4 members (excludes halogenated alkanes) is 1. The van der Waals surface area contributed by atoms with Crippen LogP contribution in [0.3, 0.4) is 0 Å². The zero-order valence-electron chi connectivity index (χ0n) is 20.6. The summed E-state index contributed by atoms with van der Waals surface area (Å²) in [6.07, 6.45) is 4.38. The van der Waals surface area contributed by atoms with Gasteiger partial charge in [-0.1, -0.05) is 55.0 Å². The fraction of sp³-hybridized carbons (Fsp3) is 0.500. The molecular formula is C28H37FN4O2. The van der Waals surface area contributed by atoms with Crippen molar-refractivity contribution in [3.63, 3.8) is 0 Å². The Hall–Kier alpha value is -2.77. The first-order chi connectivity index (χ1) is 17.0. The van der Waals surface area contributed by atoms with Gasteiger partial charge in [-0.25, -0.2) is 4.39 Å². The second kappa shape index (κ2) is 11.3. The second-order valence-electron chi connectivity index (χ2n) is 9.81. The number of carbonyl (C=O) groups is 2. The third-order valence-corrected chi connectivity index (χ3v) is 7.46. The molecule has 0 aromatic heterocycles. The quantitative estimate of drug-likeness (QED) is 0.456. The van der Waals surface area contributed by atoms with E-state index >= 15 is 0 Å². The predicted molar refractivity (Wildman–Crippen MR) is 137 cm³/mol. The predicted octanol–water partition coefficient (Wildman–Crippen LogP) is 3.14. The lowest BCUT2D eigenvalue weighted by molar-refractivity contribution is -0.125. The number of nitrogens with two attached hydrogens (primary N) is 1. The number of benzene rings is 2. The average Bonchev–Trinajstić information content (AvgIpc) is 3.17. The van der Waals surface area contributed by atoms with Crippen molar-refractivity contribution in [3.05, 3.63) is 59.7 Å². The molecule has 4 rings (SSSR count). The molecule has 2 aromatic carbocycles. The van der Waals surface area contributed by atoms with E-state index in [9.17, 15) is 14.0 Å². The number of amides is 2. The number of carbonyl (C=O) groups excluding carboxylic acids is 2. The van der Waals surface area contributed by atoms with E-state index in [1.165, 1.54) is 0 Å². The van der Waals surface area contributed by atoms with Crippen LogP contribution in [0.4, 0.5) is 4.39 Å². The summed E-state index contributed by atoms with van der Waals surface area (Å²) in [5, 5.41) is 5.88. The summed E-state index contributed by atoms with van der Waals surface area (Å²) in [5.41, 5.74) is 9.09. The van der Waals surface area contributed by atoms with Gasteiger partial charge in [0.15, 0.2) is 0 Å². The molecule has 4 N–H and O–H groups in total. The van der Waals surface area contributed by atoms with Gasteiger partial charge in [-0.15, -0.1) is 0 Å². The minimum atomic E-state index is -0.793. The third-order valence-electron chi connectivity index (χ3n) is 7.46. The summed E-state index contributed by atoms with van der Waals surface area (Å²) in [6.45, 7) is 4.00. The van der Waals surface area contributed by atoms with Crippen molar-refractivity contribution in [1.82, 2.24) is 15.5 Å². The van der Waals surface area contributed by atoms with Gasteiger partial charge in [-0.2, -0.15) is 0 Å². The minimum Gasteiger partial charge on any atom is -0.352 e. The molecule has 2 aliphatic rings. The van der Waals surface area contributed by atoms with Gasteiger partial charge in [0, 0.05) is 25.7 Å². The standard InChI is InChI=1S/C28H37FN4O2/c1-20(30)26(34)32-21-12-18-33(19-13-21)17-7-6-14-28(27(35)31-16-15-29)24-10-4-2-8-22(24)23-9-3-5-11-25(23)28/h2-5,8-11,20-21H,6-7,12-19,30H2,1H3,(H,31,35)(H,32,34). The first-order valence-electron chi connectivity index (χ1n) is 12.8. The number of piperidine rings is 1. The summed E-state index contributed by atoms with van der Waals surface area (Å²) in [5.74, 6) is -0.199. The van der Waals surface area contributed by atoms with E-state index in [1.807, 2.05) is 36.4 Å². The molecule has 6 nitrogen and oxygen atoms in total. The fourth-order valence-corrected chi connectivity index (χ4v) is 5.62. The van der Waals surface area contributed by atoms with E-state index in [4.69, 9.17) is 5.73 Å². The number of alkyl halides is 1. The Morgan fingerprint density at radius 1 is 1.06 bits per heavy atom. The van der Waals surface area contributed by atoms with E-state index in [-0.39, 0.29) is 24.4 Å². The van der Waals surface area contributed by atoms with Crippen LogP contribution in [0.5, 0.6) is 0 Å². The summed E-state index contributed by atoms with van der Waals surface area (Å²) in [6, 6.07) is 15.9. The van der Waals surface area contributed by atoms with Gasteiger partial charge in [-0.05, 0) is 61.4 Å². The van der Waals surface area contributed by atoms with Gasteiger partial charge in [0.2, 0.25) is 11.8 Å². The molecule has 2 amide bonds. The van der Waals surface area contributed by atoms with Crippen LogP contribution in [0.15, 0.2) is 48.5 Å². The Balaban J connectivity index is 1.41. The number of fused-ring (bicyclic) bond motifs is 3. The van der Waals surface area contributed by atoms with Gasteiger partial charge in [0.25, 0.3) is 0 Å². The first-order valence-corrected chi connectivity index (χ1v) is 12.8. The van der Waals surface area contributed by atoms with Gasteiger partial charge in [0.1, 0.15) is 12.1 Å². The Bertz CT molecular complexity index is 988. The zero-order valence-corrected chi connectivity index (χ0v) is 20.6.